The minimum Gasteiger partial charge on any atom is -0.497 e. The molecule has 0 bridgehead atoms. The number of fused-ring (bicyclic) bond motifs is 1. The smallest absolute Gasteiger partial charge is 0.118 e. The lowest BCUT2D eigenvalue weighted by molar-refractivity contribution is 0.414. The topological polar surface area (TPSA) is 37.0 Å². The van der Waals surface area contributed by atoms with Gasteiger partial charge in [0.05, 0.1) is 7.11 Å². The van der Waals surface area contributed by atoms with Crippen molar-refractivity contribution in [3.05, 3.63) is 65.9 Å². The van der Waals surface area contributed by atoms with Crippen molar-refractivity contribution in [1.29, 1.82) is 0 Å². The first kappa shape index (κ1) is 15.4. The highest BCUT2D eigenvalue weighted by Gasteiger charge is 1.98. The van der Waals surface area contributed by atoms with Crippen LogP contribution < -0.4 is 10.1 Å². The highest BCUT2D eigenvalue weighted by molar-refractivity contribution is 5.85. The number of ether oxygens (including phenoxy) is 1. The third-order valence-electron chi connectivity index (χ3n) is 3.44. The van der Waals surface area contributed by atoms with E-state index < -0.39 is 0 Å². The molecule has 2 aromatic carbocycles. The van der Waals surface area contributed by atoms with E-state index in [0.717, 1.165) is 18.8 Å². The summed E-state index contributed by atoms with van der Waals surface area (Å²) in [6, 6.07) is 16.7. The molecule has 3 rings (SSSR count). The Labute approximate surface area is 130 Å². The molecule has 110 valence electrons. The van der Waals surface area contributed by atoms with Crippen LogP contribution in [0.25, 0.3) is 10.9 Å². The first-order valence-corrected chi connectivity index (χ1v) is 6.75. The van der Waals surface area contributed by atoms with Crippen molar-refractivity contribution in [2.75, 3.05) is 7.11 Å². The van der Waals surface area contributed by atoms with Crippen LogP contribution in [-0.2, 0) is 13.1 Å². The summed E-state index contributed by atoms with van der Waals surface area (Å²) in [5, 5.41) is 4.72. The van der Waals surface area contributed by atoms with Gasteiger partial charge in [-0.1, -0.05) is 18.2 Å². The summed E-state index contributed by atoms with van der Waals surface area (Å²) in [7, 11) is 1.68. The van der Waals surface area contributed by atoms with E-state index in [1.807, 2.05) is 18.3 Å². The maximum absolute atomic E-state index is 5.15. The molecule has 0 radical (unpaired) electrons. The Morgan fingerprint density at radius 1 is 0.952 bits per heavy atom. The van der Waals surface area contributed by atoms with E-state index >= 15 is 0 Å². The molecular formula is C17H19ClN2O. The van der Waals surface area contributed by atoms with Gasteiger partial charge in [-0.05, 0) is 46.8 Å². The minimum absolute atomic E-state index is 0. The van der Waals surface area contributed by atoms with Crippen molar-refractivity contribution in [2.45, 2.75) is 13.1 Å². The standard InChI is InChI=1S/C17H18N2O.ClH/c1-20-16-5-2-13(3-6-16)11-18-12-14-4-7-17-15(10-14)8-9-19-17;/h2-10,18-19H,11-12H2,1H3;1H. The average molecular weight is 303 g/mol. The summed E-state index contributed by atoms with van der Waals surface area (Å²) in [4.78, 5) is 3.21. The van der Waals surface area contributed by atoms with Gasteiger partial charge in [0.1, 0.15) is 5.75 Å². The predicted octanol–water partition coefficient (Wildman–Crippen LogP) is 3.89. The molecule has 3 nitrogen and oxygen atoms in total. The van der Waals surface area contributed by atoms with Crippen LogP contribution in [0.2, 0.25) is 0 Å². The number of methoxy groups -OCH3 is 1. The molecule has 0 atom stereocenters. The molecule has 1 aromatic heterocycles. The van der Waals surface area contributed by atoms with Gasteiger partial charge in [0.25, 0.3) is 0 Å². The Hall–Kier alpha value is -1.97. The summed E-state index contributed by atoms with van der Waals surface area (Å²) in [5.74, 6) is 0.895. The molecule has 0 saturated heterocycles. The van der Waals surface area contributed by atoms with Crippen LogP contribution in [0.4, 0.5) is 0 Å². The van der Waals surface area contributed by atoms with Gasteiger partial charge in [0.2, 0.25) is 0 Å². The van der Waals surface area contributed by atoms with Crippen molar-refractivity contribution < 1.29 is 4.74 Å². The molecule has 0 amide bonds. The largest absolute Gasteiger partial charge is 0.497 e. The minimum atomic E-state index is 0. The highest BCUT2D eigenvalue weighted by Crippen LogP contribution is 2.14. The fourth-order valence-electron chi connectivity index (χ4n) is 2.31. The molecule has 0 aliphatic heterocycles. The van der Waals surface area contributed by atoms with Crippen LogP contribution in [0, 0.1) is 0 Å². The van der Waals surface area contributed by atoms with E-state index in [4.69, 9.17) is 4.74 Å². The Morgan fingerprint density at radius 2 is 1.67 bits per heavy atom. The molecule has 3 aromatic rings. The maximum atomic E-state index is 5.15. The molecule has 0 spiro atoms. The lowest BCUT2D eigenvalue weighted by atomic mass is 10.1. The number of halogens is 1. The Morgan fingerprint density at radius 3 is 2.43 bits per heavy atom. The van der Waals surface area contributed by atoms with E-state index in [1.165, 1.54) is 22.0 Å². The second-order valence-electron chi connectivity index (χ2n) is 4.85. The SMILES string of the molecule is COc1ccc(CNCc2ccc3[nH]ccc3c2)cc1.Cl. The van der Waals surface area contributed by atoms with Gasteiger partial charge >= 0.3 is 0 Å². The maximum Gasteiger partial charge on any atom is 0.118 e. The molecule has 0 aliphatic rings. The van der Waals surface area contributed by atoms with Gasteiger partial charge in [0, 0.05) is 24.8 Å². The molecule has 0 fully saturated rings. The van der Waals surface area contributed by atoms with E-state index in [0.29, 0.717) is 0 Å². The molecule has 0 saturated carbocycles. The molecule has 4 heteroatoms. The Balaban J connectivity index is 0.00000161. The number of H-pyrrole nitrogens is 1. The number of aromatic nitrogens is 1. The Kier molecular flexibility index (Phi) is 5.26. The van der Waals surface area contributed by atoms with Crippen LogP contribution in [-0.4, -0.2) is 12.1 Å². The quantitative estimate of drug-likeness (QED) is 0.750. The highest BCUT2D eigenvalue weighted by atomic mass is 35.5. The van der Waals surface area contributed by atoms with Crippen LogP contribution in [0.1, 0.15) is 11.1 Å². The lowest BCUT2D eigenvalue weighted by Gasteiger charge is -2.06. The van der Waals surface area contributed by atoms with E-state index in [9.17, 15) is 0 Å². The third-order valence-corrected chi connectivity index (χ3v) is 3.44. The molecule has 2 N–H and O–H groups in total. The van der Waals surface area contributed by atoms with Gasteiger partial charge in [-0.3, -0.25) is 0 Å². The number of aromatic amines is 1. The summed E-state index contributed by atoms with van der Waals surface area (Å²) < 4.78 is 5.15. The zero-order chi connectivity index (χ0) is 13.8. The van der Waals surface area contributed by atoms with Gasteiger partial charge in [0.15, 0.2) is 0 Å². The second-order valence-corrected chi connectivity index (χ2v) is 4.85. The normalized spacial score (nSPS) is 10.3. The lowest BCUT2D eigenvalue weighted by Crippen LogP contribution is -2.12. The number of rotatable bonds is 5. The van der Waals surface area contributed by atoms with Crippen molar-refractivity contribution in [2.24, 2.45) is 0 Å². The van der Waals surface area contributed by atoms with Crippen molar-refractivity contribution in [1.82, 2.24) is 10.3 Å². The van der Waals surface area contributed by atoms with E-state index in [1.54, 1.807) is 7.11 Å². The van der Waals surface area contributed by atoms with Gasteiger partial charge < -0.3 is 15.0 Å². The summed E-state index contributed by atoms with van der Waals surface area (Å²) in [5.41, 5.74) is 3.74. The van der Waals surface area contributed by atoms with Crippen molar-refractivity contribution in [3.63, 3.8) is 0 Å². The number of benzene rings is 2. The fourth-order valence-corrected chi connectivity index (χ4v) is 2.31. The first-order valence-electron chi connectivity index (χ1n) is 6.75. The van der Waals surface area contributed by atoms with Crippen LogP contribution >= 0.6 is 12.4 Å². The van der Waals surface area contributed by atoms with Crippen molar-refractivity contribution >= 4 is 23.3 Å². The average Bonchev–Trinajstić information content (AvgIpc) is 2.95. The monoisotopic (exact) mass is 302 g/mol. The first-order chi connectivity index (χ1) is 9.85. The number of nitrogens with one attached hydrogen (secondary N) is 2. The summed E-state index contributed by atoms with van der Waals surface area (Å²) >= 11 is 0. The van der Waals surface area contributed by atoms with Gasteiger partial charge in [-0.15, -0.1) is 12.4 Å². The zero-order valence-corrected chi connectivity index (χ0v) is 12.7. The fraction of sp³-hybridized carbons (Fsp3) is 0.176. The summed E-state index contributed by atoms with van der Waals surface area (Å²) in [6.45, 7) is 1.72. The molecule has 21 heavy (non-hydrogen) atoms. The van der Waals surface area contributed by atoms with Gasteiger partial charge in [-0.25, -0.2) is 0 Å². The third kappa shape index (κ3) is 3.78. The predicted molar refractivity (Wildman–Crippen MR) is 89.1 cm³/mol. The van der Waals surface area contributed by atoms with Crippen LogP contribution in [0.5, 0.6) is 5.75 Å². The van der Waals surface area contributed by atoms with Crippen molar-refractivity contribution in [3.8, 4) is 5.75 Å². The zero-order valence-electron chi connectivity index (χ0n) is 11.9. The molecular weight excluding hydrogens is 284 g/mol. The molecule has 1 heterocycles. The number of hydrogen-bond acceptors (Lipinski definition) is 2. The second kappa shape index (κ2) is 7.16. The number of hydrogen-bond donors (Lipinski definition) is 2. The van der Waals surface area contributed by atoms with Crippen LogP contribution in [0.3, 0.4) is 0 Å². The van der Waals surface area contributed by atoms with Gasteiger partial charge in [-0.2, -0.15) is 0 Å². The molecule has 0 unspecified atom stereocenters. The molecule has 0 aliphatic carbocycles. The Bertz CT molecular complexity index is 691. The summed E-state index contributed by atoms with van der Waals surface area (Å²) in [6.07, 6.45) is 1.97. The van der Waals surface area contributed by atoms with Crippen LogP contribution in [0.15, 0.2) is 54.7 Å². The van der Waals surface area contributed by atoms with E-state index in [-0.39, 0.29) is 12.4 Å². The van der Waals surface area contributed by atoms with E-state index in [2.05, 4.69) is 46.7 Å².